The van der Waals surface area contributed by atoms with Crippen LogP contribution in [0.15, 0.2) is 77.7 Å². The minimum atomic E-state index is -4.64. The molecular formula is C24H18F4N2OS. The number of rotatable bonds is 5. The van der Waals surface area contributed by atoms with Gasteiger partial charge in [0.2, 0.25) is 5.95 Å². The summed E-state index contributed by atoms with van der Waals surface area (Å²) in [7, 11) is 0. The van der Waals surface area contributed by atoms with E-state index in [9.17, 15) is 18.3 Å². The van der Waals surface area contributed by atoms with E-state index in [0.717, 1.165) is 26.7 Å². The minimum Gasteiger partial charge on any atom is -0.390 e. The van der Waals surface area contributed by atoms with E-state index in [1.165, 1.54) is 18.2 Å². The molecule has 0 saturated heterocycles. The highest BCUT2D eigenvalue weighted by molar-refractivity contribution is 7.98. The highest BCUT2D eigenvalue weighted by Crippen LogP contribution is 2.38. The van der Waals surface area contributed by atoms with Crippen molar-refractivity contribution in [2.24, 2.45) is 0 Å². The van der Waals surface area contributed by atoms with Crippen molar-refractivity contribution in [3.63, 3.8) is 0 Å². The van der Waals surface area contributed by atoms with E-state index in [2.05, 4.69) is 4.98 Å². The Hall–Kier alpha value is -3.10. The van der Waals surface area contributed by atoms with Crippen LogP contribution in [0.25, 0.3) is 28.2 Å². The average molecular weight is 458 g/mol. The third-order valence-corrected chi connectivity index (χ3v) is 5.76. The first-order chi connectivity index (χ1) is 15.3. The van der Waals surface area contributed by atoms with Crippen molar-refractivity contribution in [1.29, 1.82) is 0 Å². The Morgan fingerprint density at radius 3 is 2.31 bits per heavy atom. The van der Waals surface area contributed by atoms with Crippen LogP contribution in [0.1, 0.15) is 11.3 Å². The number of aliphatic hydroxyl groups excluding tert-OH is 1. The fourth-order valence-electron chi connectivity index (χ4n) is 3.49. The number of hydrogen-bond donors (Lipinski definition) is 1. The van der Waals surface area contributed by atoms with Crippen LogP contribution in [-0.2, 0) is 12.8 Å². The number of thioether (sulfide) groups is 1. The van der Waals surface area contributed by atoms with Crippen LogP contribution >= 0.6 is 11.8 Å². The molecule has 1 aromatic heterocycles. The van der Waals surface area contributed by atoms with E-state index < -0.39 is 24.3 Å². The van der Waals surface area contributed by atoms with Crippen molar-refractivity contribution in [3.8, 4) is 28.2 Å². The number of aromatic nitrogens is 2. The summed E-state index contributed by atoms with van der Waals surface area (Å²) in [5, 5.41) is 9.48. The molecule has 4 aromatic rings. The molecule has 4 rings (SSSR count). The molecule has 0 spiro atoms. The molecule has 0 aliphatic rings. The molecule has 1 N–H and O–H groups in total. The Morgan fingerprint density at radius 1 is 0.938 bits per heavy atom. The molecule has 0 unspecified atom stereocenters. The molecule has 1 heterocycles. The van der Waals surface area contributed by atoms with Crippen LogP contribution < -0.4 is 0 Å². The van der Waals surface area contributed by atoms with E-state index in [0.29, 0.717) is 5.69 Å². The van der Waals surface area contributed by atoms with Crippen molar-refractivity contribution in [2.75, 3.05) is 6.26 Å². The quantitative estimate of drug-likeness (QED) is 0.271. The van der Waals surface area contributed by atoms with Crippen LogP contribution in [0.2, 0.25) is 0 Å². The summed E-state index contributed by atoms with van der Waals surface area (Å²) >= 11 is 1.61. The zero-order valence-corrected chi connectivity index (χ0v) is 17.7. The molecule has 0 aliphatic heterocycles. The average Bonchev–Trinajstić information content (AvgIpc) is 3.14. The summed E-state index contributed by atoms with van der Waals surface area (Å²) in [6.45, 7) is -0.737. The van der Waals surface area contributed by atoms with Crippen molar-refractivity contribution in [3.05, 3.63) is 90.0 Å². The van der Waals surface area contributed by atoms with Gasteiger partial charge < -0.3 is 5.11 Å². The largest absolute Gasteiger partial charge is 0.417 e. The van der Waals surface area contributed by atoms with Gasteiger partial charge in [0.1, 0.15) is 11.5 Å². The van der Waals surface area contributed by atoms with Crippen molar-refractivity contribution >= 4 is 11.8 Å². The van der Waals surface area contributed by atoms with Crippen LogP contribution in [-0.4, -0.2) is 20.9 Å². The van der Waals surface area contributed by atoms with Gasteiger partial charge in [-0.1, -0.05) is 42.5 Å². The summed E-state index contributed by atoms with van der Waals surface area (Å²) in [5.41, 5.74) is 0.620. The highest BCUT2D eigenvalue weighted by Gasteiger charge is 2.35. The summed E-state index contributed by atoms with van der Waals surface area (Å²) in [4.78, 5) is 5.08. The van der Waals surface area contributed by atoms with Gasteiger partial charge in [0.15, 0.2) is 0 Å². The molecule has 0 saturated carbocycles. The number of hydrogen-bond acceptors (Lipinski definition) is 3. The third-order valence-electron chi connectivity index (χ3n) is 5.04. The summed E-state index contributed by atoms with van der Waals surface area (Å²) in [6.07, 6.45) is -2.67. The van der Waals surface area contributed by atoms with Crippen molar-refractivity contribution in [1.82, 2.24) is 9.55 Å². The lowest BCUT2D eigenvalue weighted by Gasteiger charge is -2.14. The lowest BCUT2D eigenvalue weighted by Crippen LogP contribution is -2.09. The molecule has 32 heavy (non-hydrogen) atoms. The smallest absolute Gasteiger partial charge is 0.390 e. The summed E-state index contributed by atoms with van der Waals surface area (Å²) in [6, 6.07) is 19.5. The molecule has 0 amide bonds. The van der Waals surface area contributed by atoms with Gasteiger partial charge in [-0.25, -0.2) is 4.98 Å². The maximum atomic E-state index is 15.1. The van der Waals surface area contributed by atoms with E-state index >= 15 is 4.39 Å². The number of aliphatic hydroxyl groups is 1. The Bertz CT molecular complexity index is 1250. The number of halogens is 4. The molecule has 3 aromatic carbocycles. The molecule has 0 fully saturated rings. The Labute approximate surface area is 186 Å². The van der Waals surface area contributed by atoms with Gasteiger partial charge >= 0.3 is 6.18 Å². The zero-order chi connectivity index (χ0) is 22.9. The van der Waals surface area contributed by atoms with Gasteiger partial charge in [0.05, 0.1) is 12.2 Å². The van der Waals surface area contributed by atoms with Gasteiger partial charge in [-0.05, 0) is 47.7 Å². The van der Waals surface area contributed by atoms with Crippen LogP contribution in [0.3, 0.4) is 0 Å². The number of nitrogens with zero attached hydrogens (tertiary/aromatic N) is 2. The fraction of sp³-hybridized carbons (Fsp3) is 0.125. The molecule has 0 aliphatic carbocycles. The highest BCUT2D eigenvalue weighted by atomic mass is 32.2. The molecule has 0 radical (unpaired) electrons. The predicted molar refractivity (Wildman–Crippen MR) is 117 cm³/mol. The lowest BCUT2D eigenvalue weighted by molar-refractivity contribution is -0.137. The van der Waals surface area contributed by atoms with Crippen molar-refractivity contribution in [2.45, 2.75) is 17.7 Å². The normalized spacial score (nSPS) is 11.7. The molecule has 8 heteroatoms. The monoisotopic (exact) mass is 458 g/mol. The van der Waals surface area contributed by atoms with E-state index in [4.69, 9.17) is 0 Å². The SMILES string of the molecule is CSc1cccc(-c2ccc(-n3c(-c4ccccc4C(F)(F)F)nc(CO)c3F)cc2)c1. The van der Waals surface area contributed by atoms with E-state index in [-0.39, 0.29) is 17.1 Å². The Kier molecular flexibility index (Phi) is 6.08. The Balaban J connectivity index is 1.84. The number of imidazole rings is 1. The topological polar surface area (TPSA) is 38.0 Å². The second-order valence-corrected chi connectivity index (χ2v) is 7.87. The molecule has 0 bridgehead atoms. The first kappa shape index (κ1) is 22.1. The second kappa shape index (κ2) is 8.80. The van der Waals surface area contributed by atoms with Gasteiger partial charge in [0, 0.05) is 16.1 Å². The maximum Gasteiger partial charge on any atom is 0.417 e. The second-order valence-electron chi connectivity index (χ2n) is 6.99. The van der Waals surface area contributed by atoms with Gasteiger partial charge in [-0.2, -0.15) is 17.6 Å². The molecule has 0 atom stereocenters. The third kappa shape index (κ3) is 4.16. The zero-order valence-electron chi connectivity index (χ0n) is 16.9. The minimum absolute atomic E-state index is 0.225. The van der Waals surface area contributed by atoms with Crippen LogP contribution in [0.4, 0.5) is 17.6 Å². The number of alkyl halides is 3. The number of benzene rings is 3. The standard InChI is InChI=1S/C24H18F4N2OS/c1-32-18-6-4-5-16(13-18)15-9-11-17(12-10-15)30-22(25)21(14-31)29-23(30)19-7-2-3-8-20(19)24(26,27)28/h2-13,31H,14H2,1H3. The van der Waals surface area contributed by atoms with Crippen LogP contribution in [0.5, 0.6) is 0 Å². The van der Waals surface area contributed by atoms with Crippen LogP contribution in [0, 0.1) is 5.95 Å². The molecule has 3 nitrogen and oxygen atoms in total. The first-order valence-electron chi connectivity index (χ1n) is 9.63. The Morgan fingerprint density at radius 2 is 1.66 bits per heavy atom. The van der Waals surface area contributed by atoms with Gasteiger partial charge in [-0.3, -0.25) is 4.57 Å². The maximum absolute atomic E-state index is 15.1. The predicted octanol–water partition coefficient (Wildman–Crippen LogP) is 6.58. The fourth-order valence-corrected chi connectivity index (χ4v) is 3.95. The summed E-state index contributed by atoms with van der Waals surface area (Å²) in [5.74, 6) is -1.13. The van der Waals surface area contributed by atoms with E-state index in [1.54, 1.807) is 36.0 Å². The molecular weight excluding hydrogens is 440 g/mol. The van der Waals surface area contributed by atoms with Gasteiger partial charge in [0.25, 0.3) is 0 Å². The summed E-state index contributed by atoms with van der Waals surface area (Å²) < 4.78 is 56.8. The first-order valence-corrected chi connectivity index (χ1v) is 10.9. The van der Waals surface area contributed by atoms with Gasteiger partial charge in [-0.15, -0.1) is 11.8 Å². The molecule has 164 valence electrons. The lowest BCUT2D eigenvalue weighted by atomic mass is 10.0. The van der Waals surface area contributed by atoms with E-state index in [1.807, 2.05) is 30.5 Å². The van der Waals surface area contributed by atoms with Crippen molar-refractivity contribution < 1.29 is 22.7 Å².